The van der Waals surface area contributed by atoms with Gasteiger partial charge in [-0.1, -0.05) is 6.07 Å². The molecule has 0 spiro atoms. The minimum absolute atomic E-state index is 0.232. The van der Waals surface area contributed by atoms with Gasteiger partial charge in [0.05, 0.1) is 12.2 Å². The molecule has 0 saturated carbocycles. The van der Waals surface area contributed by atoms with E-state index in [0.717, 1.165) is 31.5 Å². The Kier molecular flexibility index (Phi) is 6.66. The van der Waals surface area contributed by atoms with Gasteiger partial charge in [0.25, 0.3) is 0 Å². The maximum absolute atomic E-state index is 13.0. The molecule has 0 radical (unpaired) electrons. The first-order chi connectivity index (χ1) is 11.4. The lowest BCUT2D eigenvalue weighted by Gasteiger charge is -2.26. The summed E-state index contributed by atoms with van der Waals surface area (Å²) >= 11 is 0. The van der Waals surface area contributed by atoms with Gasteiger partial charge in [-0.25, -0.2) is 0 Å². The van der Waals surface area contributed by atoms with Crippen LogP contribution < -0.4 is 5.32 Å². The molecule has 24 heavy (non-hydrogen) atoms. The number of aryl methyl sites for hydroxylation is 1. The first-order valence-electron chi connectivity index (χ1n) is 8.48. The van der Waals surface area contributed by atoms with E-state index in [0.29, 0.717) is 25.0 Å². The van der Waals surface area contributed by atoms with Crippen molar-refractivity contribution in [3.63, 3.8) is 0 Å². The van der Waals surface area contributed by atoms with E-state index in [1.165, 1.54) is 12.1 Å². The molecule has 1 N–H and O–H groups in total. The fraction of sp³-hybridized carbons (Fsp3) is 0.611. The third-order valence-electron chi connectivity index (χ3n) is 4.38. The molecule has 134 valence electrons. The summed E-state index contributed by atoms with van der Waals surface area (Å²) in [7, 11) is 0. The van der Waals surface area contributed by atoms with Crippen LogP contribution in [0.4, 0.5) is 13.2 Å². The average Bonchev–Trinajstić information content (AvgIpc) is 2.55. The molecule has 1 fully saturated rings. The first-order valence-corrected chi connectivity index (χ1v) is 8.48. The van der Waals surface area contributed by atoms with E-state index >= 15 is 0 Å². The summed E-state index contributed by atoms with van der Waals surface area (Å²) in [5.74, 6) is -0.0148. The third kappa shape index (κ3) is 5.23. The molecule has 1 aromatic carbocycles. The van der Waals surface area contributed by atoms with Gasteiger partial charge in [-0.05, 0) is 74.9 Å². The van der Waals surface area contributed by atoms with Crippen molar-refractivity contribution < 1.29 is 22.7 Å². The minimum atomic E-state index is -4.34. The normalized spacial score (nSPS) is 16.2. The summed E-state index contributed by atoms with van der Waals surface area (Å²) < 4.78 is 43.9. The lowest BCUT2D eigenvalue weighted by molar-refractivity contribution is -0.143. The van der Waals surface area contributed by atoms with E-state index in [1.807, 2.05) is 0 Å². The van der Waals surface area contributed by atoms with Gasteiger partial charge < -0.3 is 10.1 Å². The van der Waals surface area contributed by atoms with Crippen molar-refractivity contribution in [3.05, 3.63) is 34.9 Å². The van der Waals surface area contributed by atoms with Gasteiger partial charge >= 0.3 is 12.1 Å². The number of hydrogen-bond acceptors (Lipinski definition) is 3. The molecule has 0 amide bonds. The summed E-state index contributed by atoms with van der Waals surface area (Å²) in [5, 5.41) is 3.27. The van der Waals surface area contributed by atoms with Crippen molar-refractivity contribution in [3.8, 4) is 0 Å². The average molecular weight is 343 g/mol. The molecule has 1 saturated heterocycles. The molecule has 1 aromatic rings. The molecule has 0 bridgehead atoms. The molecule has 1 aliphatic heterocycles. The van der Waals surface area contributed by atoms with Crippen LogP contribution in [0.15, 0.2) is 18.2 Å². The van der Waals surface area contributed by atoms with Gasteiger partial charge in [0.15, 0.2) is 0 Å². The summed E-state index contributed by atoms with van der Waals surface area (Å²) in [6.45, 7) is 3.82. The SMILES string of the molecule is CCOC(=O)CCCc1cc(C(F)(F)F)ccc1C1CCNCC1. The van der Waals surface area contributed by atoms with Gasteiger partial charge in [-0.15, -0.1) is 0 Å². The minimum Gasteiger partial charge on any atom is -0.466 e. The number of rotatable bonds is 6. The summed E-state index contributed by atoms with van der Waals surface area (Å²) in [6.07, 6.45) is -1.30. The van der Waals surface area contributed by atoms with E-state index in [1.54, 1.807) is 13.0 Å². The second-order valence-corrected chi connectivity index (χ2v) is 6.09. The number of alkyl halides is 3. The predicted octanol–water partition coefficient (Wildman–Crippen LogP) is 4.06. The molecule has 2 rings (SSSR count). The smallest absolute Gasteiger partial charge is 0.416 e. The molecular formula is C18H24F3NO2. The van der Waals surface area contributed by atoms with Crippen molar-refractivity contribution in [2.45, 2.75) is 51.1 Å². The molecule has 0 unspecified atom stereocenters. The number of esters is 1. The van der Waals surface area contributed by atoms with Crippen LogP contribution in [-0.2, 0) is 22.1 Å². The summed E-state index contributed by atoms with van der Waals surface area (Å²) in [4.78, 5) is 11.4. The number of nitrogens with one attached hydrogen (secondary N) is 1. The Morgan fingerprint density at radius 2 is 2.00 bits per heavy atom. The topological polar surface area (TPSA) is 38.3 Å². The molecule has 1 heterocycles. The number of hydrogen-bond donors (Lipinski definition) is 1. The Balaban J connectivity index is 2.15. The van der Waals surface area contributed by atoms with E-state index < -0.39 is 11.7 Å². The third-order valence-corrected chi connectivity index (χ3v) is 4.38. The number of halogens is 3. The van der Waals surface area contributed by atoms with Gasteiger partial charge in [-0.2, -0.15) is 13.2 Å². The van der Waals surface area contributed by atoms with Crippen LogP contribution in [0.1, 0.15) is 55.2 Å². The largest absolute Gasteiger partial charge is 0.466 e. The van der Waals surface area contributed by atoms with Crippen LogP contribution in [0, 0.1) is 0 Å². The Morgan fingerprint density at radius 3 is 2.62 bits per heavy atom. The van der Waals surface area contributed by atoms with E-state index in [2.05, 4.69) is 5.32 Å². The number of carbonyl (C=O) groups is 1. The molecule has 1 aliphatic rings. The van der Waals surface area contributed by atoms with Crippen molar-refractivity contribution >= 4 is 5.97 Å². The fourth-order valence-corrected chi connectivity index (χ4v) is 3.19. The molecular weight excluding hydrogens is 319 g/mol. The van der Waals surface area contributed by atoms with Crippen LogP contribution in [0.3, 0.4) is 0 Å². The van der Waals surface area contributed by atoms with Crippen LogP contribution in [-0.4, -0.2) is 25.7 Å². The van der Waals surface area contributed by atoms with Crippen LogP contribution >= 0.6 is 0 Å². The highest BCUT2D eigenvalue weighted by Crippen LogP contribution is 2.35. The molecule has 6 heteroatoms. The van der Waals surface area contributed by atoms with Gasteiger partial charge in [0, 0.05) is 6.42 Å². The highest BCUT2D eigenvalue weighted by molar-refractivity contribution is 5.69. The van der Waals surface area contributed by atoms with Crippen LogP contribution in [0.5, 0.6) is 0 Å². The second-order valence-electron chi connectivity index (χ2n) is 6.09. The van der Waals surface area contributed by atoms with Crippen molar-refractivity contribution in [1.29, 1.82) is 0 Å². The monoisotopic (exact) mass is 343 g/mol. The molecule has 0 atom stereocenters. The molecule has 0 aromatic heterocycles. The Labute approximate surface area is 140 Å². The standard InChI is InChI=1S/C18H24F3NO2/c1-2-24-17(23)5-3-4-14-12-15(18(19,20)21)6-7-16(14)13-8-10-22-11-9-13/h6-7,12-13,22H,2-5,8-11H2,1H3. The molecule has 0 aliphatic carbocycles. The van der Waals surface area contributed by atoms with E-state index in [-0.39, 0.29) is 18.3 Å². The lowest BCUT2D eigenvalue weighted by atomic mass is 9.85. The van der Waals surface area contributed by atoms with E-state index in [4.69, 9.17) is 4.74 Å². The highest BCUT2D eigenvalue weighted by Gasteiger charge is 2.31. The second kappa shape index (κ2) is 8.51. The van der Waals surface area contributed by atoms with Crippen LogP contribution in [0.2, 0.25) is 0 Å². The number of benzene rings is 1. The van der Waals surface area contributed by atoms with Gasteiger partial charge in [0.2, 0.25) is 0 Å². The highest BCUT2D eigenvalue weighted by atomic mass is 19.4. The quantitative estimate of drug-likeness (QED) is 0.792. The zero-order valence-corrected chi connectivity index (χ0v) is 13.9. The lowest BCUT2D eigenvalue weighted by Crippen LogP contribution is -2.27. The number of ether oxygens (including phenoxy) is 1. The maximum Gasteiger partial charge on any atom is 0.416 e. The zero-order chi connectivity index (χ0) is 17.6. The fourth-order valence-electron chi connectivity index (χ4n) is 3.19. The van der Waals surface area contributed by atoms with Crippen LogP contribution in [0.25, 0.3) is 0 Å². The number of piperidine rings is 1. The van der Waals surface area contributed by atoms with E-state index in [9.17, 15) is 18.0 Å². The van der Waals surface area contributed by atoms with Crippen molar-refractivity contribution in [1.82, 2.24) is 5.32 Å². The summed E-state index contributed by atoms with van der Waals surface area (Å²) in [6, 6.07) is 4.05. The van der Waals surface area contributed by atoms with Gasteiger partial charge in [-0.3, -0.25) is 4.79 Å². The Hall–Kier alpha value is -1.56. The zero-order valence-electron chi connectivity index (χ0n) is 13.9. The summed E-state index contributed by atoms with van der Waals surface area (Å²) in [5.41, 5.74) is 1.08. The van der Waals surface area contributed by atoms with Crippen molar-refractivity contribution in [2.75, 3.05) is 19.7 Å². The maximum atomic E-state index is 13.0. The van der Waals surface area contributed by atoms with Crippen molar-refractivity contribution in [2.24, 2.45) is 0 Å². The Morgan fingerprint density at radius 1 is 1.29 bits per heavy atom. The first kappa shape index (κ1) is 18.8. The van der Waals surface area contributed by atoms with Gasteiger partial charge in [0.1, 0.15) is 0 Å². The number of carbonyl (C=O) groups excluding carboxylic acids is 1. The predicted molar refractivity (Wildman–Crippen MR) is 85.9 cm³/mol. The Bertz CT molecular complexity index is 552. The molecule has 3 nitrogen and oxygen atoms in total.